The lowest BCUT2D eigenvalue weighted by Gasteiger charge is -2.07. The molecule has 1 heterocycles. The lowest BCUT2D eigenvalue weighted by Crippen LogP contribution is -2.10. The van der Waals surface area contributed by atoms with Crippen LogP contribution in [0.3, 0.4) is 0 Å². The number of nitrogens with one attached hydrogen (secondary N) is 1. The van der Waals surface area contributed by atoms with E-state index in [0.29, 0.717) is 27.9 Å². The van der Waals surface area contributed by atoms with E-state index in [4.69, 9.17) is 16.2 Å². The molecule has 0 atom stereocenters. The molecule has 0 spiro atoms. The molecule has 112 valence electrons. The van der Waals surface area contributed by atoms with E-state index >= 15 is 0 Å². The maximum atomic E-state index is 11.3. The summed E-state index contributed by atoms with van der Waals surface area (Å²) in [5.74, 6) is -0.0740. The first-order valence-electron chi connectivity index (χ1n) is 6.64. The molecule has 1 amide bonds. The molecule has 0 aliphatic heterocycles. The van der Waals surface area contributed by atoms with Crippen molar-refractivity contribution in [3.05, 3.63) is 40.3 Å². The number of anilines is 2. The van der Waals surface area contributed by atoms with Crippen molar-refractivity contribution >= 4 is 27.9 Å². The number of hydrogen-bond acceptors (Lipinski definition) is 5. The topological polar surface area (TPSA) is 90.4 Å². The van der Waals surface area contributed by atoms with Crippen molar-refractivity contribution < 1.29 is 9.53 Å². The quantitative estimate of drug-likeness (QED) is 0.765. The Morgan fingerprint density at radius 1 is 1.29 bits per heavy atom. The van der Waals surface area contributed by atoms with Gasteiger partial charge in [-0.2, -0.15) is 0 Å². The average Bonchev–Trinajstić information content (AvgIpc) is 2.81. The lowest BCUT2D eigenvalue weighted by atomic mass is 10.1. The number of benzene rings is 1. The van der Waals surface area contributed by atoms with Gasteiger partial charge in [-0.25, -0.2) is 0 Å². The normalized spacial score (nSPS) is 10.4. The lowest BCUT2D eigenvalue weighted by molar-refractivity contribution is 0.100. The van der Waals surface area contributed by atoms with Gasteiger partial charge < -0.3 is 21.5 Å². The van der Waals surface area contributed by atoms with Gasteiger partial charge in [-0.15, -0.1) is 11.3 Å². The van der Waals surface area contributed by atoms with Crippen LogP contribution in [0, 0.1) is 0 Å². The van der Waals surface area contributed by atoms with Gasteiger partial charge in [0.1, 0.15) is 15.6 Å². The van der Waals surface area contributed by atoms with Crippen molar-refractivity contribution in [1.29, 1.82) is 0 Å². The number of carbonyl (C=O) groups excluding carboxylic acids is 1. The molecular weight excluding hydrogens is 286 g/mol. The van der Waals surface area contributed by atoms with Crippen molar-refractivity contribution in [3.8, 4) is 5.75 Å². The molecule has 2 aromatic rings. The van der Waals surface area contributed by atoms with E-state index in [1.807, 2.05) is 0 Å². The van der Waals surface area contributed by atoms with E-state index in [1.165, 1.54) is 24.0 Å². The largest absolute Gasteiger partial charge is 0.492 e. The number of hydrogen-bond donors (Lipinski definition) is 3. The molecule has 0 unspecified atom stereocenters. The maximum absolute atomic E-state index is 11.3. The number of aryl methyl sites for hydroxylation is 1. The van der Waals surface area contributed by atoms with E-state index in [9.17, 15) is 4.79 Å². The van der Waals surface area contributed by atoms with Crippen LogP contribution in [0.1, 0.15) is 27.7 Å². The third-order valence-electron chi connectivity index (χ3n) is 3.21. The molecule has 1 aromatic heterocycles. The number of amides is 1. The van der Waals surface area contributed by atoms with Gasteiger partial charge in [-0.1, -0.05) is 31.2 Å². The SMILES string of the molecule is CCc1ccc(CNc2sc(C(N)=O)c(N)c2OC)cc1. The highest BCUT2D eigenvalue weighted by Gasteiger charge is 2.19. The second kappa shape index (κ2) is 6.49. The zero-order chi connectivity index (χ0) is 15.4. The number of methoxy groups -OCH3 is 1. The van der Waals surface area contributed by atoms with Crippen LogP contribution < -0.4 is 21.5 Å². The highest BCUT2D eigenvalue weighted by molar-refractivity contribution is 7.19. The van der Waals surface area contributed by atoms with Crippen LogP contribution in [0.5, 0.6) is 5.75 Å². The number of primary amides is 1. The van der Waals surface area contributed by atoms with Gasteiger partial charge in [0.2, 0.25) is 0 Å². The van der Waals surface area contributed by atoms with Gasteiger partial charge in [0, 0.05) is 6.54 Å². The average molecular weight is 305 g/mol. The minimum Gasteiger partial charge on any atom is -0.492 e. The highest BCUT2D eigenvalue weighted by Crippen LogP contribution is 2.42. The molecule has 0 saturated heterocycles. The minimum absolute atomic E-state index is 0.291. The van der Waals surface area contributed by atoms with Crippen molar-refractivity contribution in [1.82, 2.24) is 0 Å². The molecule has 0 fully saturated rings. The number of thiophene rings is 1. The summed E-state index contributed by atoms with van der Waals surface area (Å²) in [6.07, 6.45) is 1.02. The maximum Gasteiger partial charge on any atom is 0.261 e. The fraction of sp³-hybridized carbons (Fsp3) is 0.267. The van der Waals surface area contributed by atoms with Crippen LogP contribution in [-0.4, -0.2) is 13.0 Å². The fourth-order valence-electron chi connectivity index (χ4n) is 2.01. The Bertz CT molecular complexity index is 635. The van der Waals surface area contributed by atoms with E-state index in [1.54, 1.807) is 0 Å². The van der Waals surface area contributed by atoms with Crippen LogP contribution in [0.25, 0.3) is 0 Å². The van der Waals surface area contributed by atoms with Gasteiger partial charge >= 0.3 is 0 Å². The molecular formula is C15H19N3O2S. The number of nitrogens with two attached hydrogens (primary N) is 2. The Balaban J connectivity index is 2.15. The monoisotopic (exact) mass is 305 g/mol. The molecule has 1 aromatic carbocycles. The summed E-state index contributed by atoms with van der Waals surface area (Å²) in [5, 5.41) is 3.95. The van der Waals surface area contributed by atoms with Gasteiger partial charge in [-0.05, 0) is 17.5 Å². The summed E-state index contributed by atoms with van der Waals surface area (Å²) in [4.78, 5) is 11.6. The van der Waals surface area contributed by atoms with Gasteiger partial charge in [0.05, 0.1) is 7.11 Å². The second-order valence-electron chi connectivity index (χ2n) is 4.60. The van der Waals surface area contributed by atoms with Crippen LogP contribution in [0.15, 0.2) is 24.3 Å². The van der Waals surface area contributed by atoms with E-state index in [-0.39, 0.29) is 0 Å². The Morgan fingerprint density at radius 2 is 1.90 bits per heavy atom. The summed E-state index contributed by atoms with van der Waals surface area (Å²) in [6.45, 7) is 2.75. The first kappa shape index (κ1) is 15.2. The molecule has 0 radical (unpaired) electrons. The molecule has 21 heavy (non-hydrogen) atoms. The van der Waals surface area contributed by atoms with Crippen molar-refractivity contribution in [2.75, 3.05) is 18.2 Å². The van der Waals surface area contributed by atoms with Crippen LogP contribution in [-0.2, 0) is 13.0 Å². The zero-order valence-electron chi connectivity index (χ0n) is 12.1. The third-order valence-corrected chi connectivity index (χ3v) is 4.37. The Labute approximate surface area is 127 Å². The van der Waals surface area contributed by atoms with Crippen molar-refractivity contribution in [3.63, 3.8) is 0 Å². The summed E-state index contributed by atoms with van der Waals surface area (Å²) in [5.41, 5.74) is 13.9. The summed E-state index contributed by atoms with van der Waals surface area (Å²) in [6, 6.07) is 8.35. The first-order valence-corrected chi connectivity index (χ1v) is 7.46. The molecule has 0 bridgehead atoms. The summed E-state index contributed by atoms with van der Waals surface area (Å²) < 4.78 is 5.25. The number of ether oxygens (including phenoxy) is 1. The van der Waals surface area contributed by atoms with Crippen LogP contribution in [0.4, 0.5) is 10.7 Å². The van der Waals surface area contributed by atoms with E-state index < -0.39 is 5.91 Å². The second-order valence-corrected chi connectivity index (χ2v) is 5.62. The number of rotatable bonds is 6. The zero-order valence-corrected chi connectivity index (χ0v) is 12.9. The Morgan fingerprint density at radius 3 is 2.43 bits per heavy atom. The fourth-order valence-corrected chi connectivity index (χ4v) is 2.94. The van der Waals surface area contributed by atoms with Crippen molar-refractivity contribution in [2.45, 2.75) is 19.9 Å². The van der Waals surface area contributed by atoms with Crippen LogP contribution >= 0.6 is 11.3 Å². The van der Waals surface area contributed by atoms with E-state index in [0.717, 1.165) is 12.0 Å². The molecule has 5 nitrogen and oxygen atoms in total. The first-order chi connectivity index (χ1) is 10.1. The van der Waals surface area contributed by atoms with Gasteiger partial charge in [0.15, 0.2) is 5.75 Å². The summed E-state index contributed by atoms with van der Waals surface area (Å²) in [7, 11) is 1.52. The molecule has 0 aliphatic carbocycles. The van der Waals surface area contributed by atoms with Gasteiger partial charge in [0.25, 0.3) is 5.91 Å². The number of carbonyl (C=O) groups is 1. The molecule has 5 N–H and O–H groups in total. The predicted molar refractivity (Wildman–Crippen MR) is 86.9 cm³/mol. The highest BCUT2D eigenvalue weighted by atomic mass is 32.1. The van der Waals surface area contributed by atoms with Gasteiger partial charge in [-0.3, -0.25) is 4.79 Å². The Hall–Kier alpha value is -2.21. The molecule has 6 heteroatoms. The Kier molecular flexibility index (Phi) is 4.70. The molecule has 2 rings (SSSR count). The van der Waals surface area contributed by atoms with Crippen molar-refractivity contribution in [2.24, 2.45) is 5.73 Å². The smallest absolute Gasteiger partial charge is 0.261 e. The standard InChI is InChI=1S/C15H19N3O2S/c1-3-9-4-6-10(7-5-9)8-18-15-12(20-2)11(16)13(21-15)14(17)19/h4-7,18H,3,8,16H2,1-2H3,(H2,17,19). The van der Waals surface area contributed by atoms with E-state index in [2.05, 4.69) is 36.5 Å². The molecule has 0 aliphatic rings. The molecule has 0 saturated carbocycles. The number of nitrogen functional groups attached to an aromatic ring is 1. The summed E-state index contributed by atoms with van der Waals surface area (Å²) >= 11 is 1.21. The third kappa shape index (κ3) is 3.28. The predicted octanol–water partition coefficient (Wildman–Crippen LogP) is 2.61. The minimum atomic E-state index is -0.545. The van der Waals surface area contributed by atoms with Crippen LogP contribution in [0.2, 0.25) is 0 Å².